The smallest absolute Gasteiger partial charge is 0.341 e. The molecule has 144 valence electrons. The first-order chi connectivity index (χ1) is 14.0. The van der Waals surface area contributed by atoms with E-state index in [1.54, 1.807) is 16.7 Å². The first-order valence-electron chi connectivity index (χ1n) is 10.7. The Bertz CT molecular complexity index is 1050. The quantitative estimate of drug-likeness (QED) is 0.795. The molecule has 2 heterocycles. The van der Waals surface area contributed by atoms with Gasteiger partial charge in [-0.25, -0.2) is 4.79 Å². The summed E-state index contributed by atoms with van der Waals surface area (Å²) in [5.41, 5.74) is 6.08. The summed E-state index contributed by atoms with van der Waals surface area (Å²) in [7, 11) is -2.73. The molecule has 1 aromatic heterocycles. The van der Waals surface area contributed by atoms with Gasteiger partial charge in [-0.3, -0.25) is 4.79 Å². The summed E-state index contributed by atoms with van der Waals surface area (Å²) in [6, 6.07) is 3.14. The van der Waals surface area contributed by atoms with Crippen LogP contribution in [0.5, 0.6) is 5.75 Å². The van der Waals surface area contributed by atoms with Gasteiger partial charge >= 0.3 is 5.97 Å². The van der Waals surface area contributed by atoms with Gasteiger partial charge in [-0.15, -0.1) is 0 Å². The lowest BCUT2D eigenvalue weighted by molar-refractivity contribution is 0.0695. The van der Waals surface area contributed by atoms with E-state index in [1.165, 1.54) is 6.20 Å². The van der Waals surface area contributed by atoms with E-state index in [2.05, 4.69) is 6.92 Å². The Balaban J connectivity index is 2.00. The molecule has 1 saturated carbocycles. The monoisotopic (exact) mass is 375 g/mol. The molecular weight excluding hydrogens is 347 g/mol. The van der Waals surface area contributed by atoms with Crippen LogP contribution in [0.2, 0.25) is 0 Å². The van der Waals surface area contributed by atoms with Crippen LogP contribution in [0, 0.1) is 5.92 Å². The molecule has 2 aromatic rings. The van der Waals surface area contributed by atoms with Crippen LogP contribution in [0.1, 0.15) is 46.7 Å². The number of nitrogens with zero attached hydrogens (tertiary/aromatic N) is 2. The zero-order chi connectivity index (χ0) is 21.8. The highest BCUT2D eigenvalue weighted by molar-refractivity contribution is 5.97. The molecule has 2 aliphatic rings. The molecule has 1 saturated heterocycles. The highest BCUT2D eigenvalue weighted by atomic mass is 16.5. The van der Waals surface area contributed by atoms with Crippen LogP contribution >= 0.6 is 0 Å². The van der Waals surface area contributed by atoms with E-state index in [0.29, 0.717) is 30.2 Å². The zero-order valence-corrected chi connectivity index (χ0v) is 15.1. The molecule has 0 radical (unpaired) electrons. The van der Waals surface area contributed by atoms with E-state index in [1.807, 2.05) is 4.90 Å². The second kappa shape index (κ2) is 6.56. The molecule has 4 rings (SSSR count). The van der Waals surface area contributed by atoms with Crippen molar-refractivity contribution in [3.05, 3.63) is 34.1 Å². The lowest BCUT2D eigenvalue weighted by atomic mass is 9.95. The molecule has 2 atom stereocenters. The number of aromatic nitrogens is 1. The van der Waals surface area contributed by atoms with Crippen LogP contribution in [-0.4, -0.2) is 41.8 Å². The second-order valence-electron chi connectivity index (χ2n) is 7.73. The number of carboxylic acids is 1. The van der Waals surface area contributed by atoms with Gasteiger partial charge in [0.1, 0.15) is 5.56 Å². The number of carboxylic acid groups (broad SMARTS) is 1. The summed E-state index contributed by atoms with van der Waals surface area (Å²) >= 11 is 0. The molecule has 0 amide bonds. The summed E-state index contributed by atoms with van der Waals surface area (Å²) in [5, 5.41) is 9.61. The Hall–Kier alpha value is -2.54. The van der Waals surface area contributed by atoms with Gasteiger partial charge in [0.2, 0.25) is 5.43 Å². The Morgan fingerprint density at radius 1 is 1.37 bits per heavy atom. The SMILES string of the molecule is [2H][13C]([2H])([2H])Oc1c(N2C[C@@H](C)C[C@H](N)C2)ccc2c(=O)c(C(=O)O)cn(C3CC3)c12. The molecule has 7 heteroatoms. The third-order valence-corrected chi connectivity index (χ3v) is 5.43. The number of pyridine rings is 1. The van der Waals surface area contributed by atoms with Gasteiger partial charge in [0, 0.05) is 31.4 Å². The Kier molecular flexibility index (Phi) is 3.53. The van der Waals surface area contributed by atoms with Crippen molar-refractivity contribution in [2.45, 2.75) is 38.3 Å². The number of hydrogen-bond acceptors (Lipinski definition) is 5. The molecule has 1 aliphatic heterocycles. The van der Waals surface area contributed by atoms with Crippen LogP contribution in [0.4, 0.5) is 5.69 Å². The third kappa shape index (κ3) is 3.06. The van der Waals surface area contributed by atoms with Crippen LogP contribution in [0.3, 0.4) is 0 Å². The van der Waals surface area contributed by atoms with Gasteiger partial charge in [0.15, 0.2) is 5.75 Å². The number of hydrogen-bond donors (Lipinski definition) is 2. The molecule has 0 bridgehead atoms. The van der Waals surface area contributed by atoms with Crippen molar-refractivity contribution >= 4 is 22.6 Å². The van der Waals surface area contributed by atoms with E-state index in [0.717, 1.165) is 19.3 Å². The van der Waals surface area contributed by atoms with Gasteiger partial charge in [-0.05, 0) is 37.3 Å². The predicted molar refractivity (Wildman–Crippen MR) is 104 cm³/mol. The average molecular weight is 375 g/mol. The molecule has 1 aliphatic carbocycles. The molecule has 1 aromatic carbocycles. The Labute approximate surface area is 161 Å². The topological polar surface area (TPSA) is 97.8 Å². The minimum absolute atomic E-state index is 0.00272. The normalized spacial score (nSPS) is 25.0. The van der Waals surface area contributed by atoms with E-state index in [-0.39, 0.29) is 28.8 Å². The lowest BCUT2D eigenvalue weighted by Crippen LogP contribution is -2.46. The molecule has 7 nitrogen and oxygen atoms in total. The van der Waals surface area contributed by atoms with E-state index in [4.69, 9.17) is 14.6 Å². The summed E-state index contributed by atoms with van der Waals surface area (Å²) < 4.78 is 30.2. The van der Waals surface area contributed by atoms with Gasteiger partial charge < -0.3 is 25.0 Å². The number of fused-ring (bicyclic) bond motifs is 1. The molecule has 0 spiro atoms. The molecule has 27 heavy (non-hydrogen) atoms. The Morgan fingerprint density at radius 2 is 2.15 bits per heavy atom. The molecule has 0 unspecified atom stereocenters. The van der Waals surface area contributed by atoms with Gasteiger partial charge in [-0.1, -0.05) is 6.92 Å². The first kappa shape index (κ1) is 14.5. The number of piperidine rings is 1. The number of anilines is 1. The number of nitrogens with two attached hydrogens (primary N) is 1. The summed E-state index contributed by atoms with van der Waals surface area (Å²) in [6.45, 7) is 3.29. The summed E-state index contributed by atoms with van der Waals surface area (Å²) in [4.78, 5) is 26.4. The average Bonchev–Trinajstić information content (AvgIpc) is 3.45. The fraction of sp³-hybridized carbons (Fsp3) is 0.500. The van der Waals surface area contributed by atoms with Gasteiger partial charge in [-0.2, -0.15) is 0 Å². The molecular formula is C20H25N3O4. The second-order valence-corrected chi connectivity index (χ2v) is 7.73. The van der Waals surface area contributed by atoms with Crippen molar-refractivity contribution in [2.75, 3.05) is 25.0 Å². The van der Waals surface area contributed by atoms with Crippen molar-refractivity contribution in [2.24, 2.45) is 11.7 Å². The Morgan fingerprint density at radius 3 is 2.78 bits per heavy atom. The number of rotatable bonds is 4. The van der Waals surface area contributed by atoms with Crippen LogP contribution < -0.4 is 20.8 Å². The number of aromatic carboxylic acids is 1. The minimum atomic E-state index is -2.73. The van der Waals surface area contributed by atoms with Gasteiger partial charge in [0.25, 0.3) is 0 Å². The fourth-order valence-corrected chi connectivity index (χ4v) is 4.15. The van der Waals surface area contributed by atoms with Crippen LogP contribution in [0.15, 0.2) is 23.1 Å². The third-order valence-electron chi connectivity index (χ3n) is 5.43. The van der Waals surface area contributed by atoms with E-state index in [9.17, 15) is 14.7 Å². The van der Waals surface area contributed by atoms with E-state index < -0.39 is 18.4 Å². The number of carbonyl (C=O) groups is 1. The first-order valence-corrected chi connectivity index (χ1v) is 9.20. The van der Waals surface area contributed by atoms with Gasteiger partial charge in [0.05, 0.1) is 27.7 Å². The van der Waals surface area contributed by atoms with Crippen LogP contribution in [0.25, 0.3) is 10.9 Å². The fourth-order valence-electron chi connectivity index (χ4n) is 4.15. The van der Waals surface area contributed by atoms with Crippen molar-refractivity contribution in [1.29, 1.82) is 0 Å². The highest BCUT2D eigenvalue weighted by Gasteiger charge is 2.31. The maximum absolute atomic E-state index is 12.9. The standard InChI is InChI=1S/C20H25N3O4/c1-11-7-12(21)9-22(8-11)16-6-5-14-17(19(16)27-2)23(13-3-4-13)10-15(18(14)24)20(25)26/h5-6,10-13H,3-4,7-9,21H2,1-2H3,(H,25,26)/t11-,12-/m0/s1/i2+1D3. The van der Waals surface area contributed by atoms with Crippen LogP contribution in [-0.2, 0) is 0 Å². The lowest BCUT2D eigenvalue weighted by Gasteiger charge is -2.37. The van der Waals surface area contributed by atoms with Crippen molar-refractivity contribution in [3.63, 3.8) is 0 Å². The predicted octanol–water partition coefficient (Wildman–Crippen LogP) is 2.22. The largest absolute Gasteiger partial charge is 0.492 e. The number of ether oxygens (including phenoxy) is 1. The molecule has 3 N–H and O–H groups in total. The minimum Gasteiger partial charge on any atom is -0.492 e. The number of methoxy groups -OCH3 is 1. The van der Waals surface area contributed by atoms with Crippen molar-refractivity contribution in [3.8, 4) is 5.75 Å². The maximum Gasteiger partial charge on any atom is 0.341 e. The van der Waals surface area contributed by atoms with Crippen molar-refractivity contribution in [1.82, 2.24) is 4.57 Å². The van der Waals surface area contributed by atoms with E-state index >= 15 is 0 Å². The zero-order valence-electron chi connectivity index (χ0n) is 18.1. The summed E-state index contributed by atoms with van der Waals surface area (Å²) in [5.74, 6) is -0.922. The highest BCUT2D eigenvalue weighted by Crippen LogP contribution is 2.43. The summed E-state index contributed by atoms with van der Waals surface area (Å²) in [6.07, 6.45) is 3.82. The molecule has 2 fully saturated rings. The maximum atomic E-state index is 12.9. The van der Waals surface area contributed by atoms with Crippen molar-refractivity contribution < 1.29 is 18.8 Å². The number of benzene rings is 1.